The molecule has 0 radical (unpaired) electrons. The van der Waals surface area contributed by atoms with Gasteiger partial charge in [-0.3, -0.25) is 0 Å². The molecular weight excluding hydrogens is 199 g/mol. The molecule has 0 aromatic heterocycles. The Hall–Kier alpha value is -1.32. The van der Waals surface area contributed by atoms with Gasteiger partial charge in [-0.1, -0.05) is 30.3 Å². The van der Waals surface area contributed by atoms with E-state index in [2.05, 4.69) is 6.07 Å². The zero-order valence-corrected chi connectivity index (χ0v) is 8.98. The van der Waals surface area contributed by atoms with Crippen LogP contribution in [0.4, 0.5) is 0 Å². The van der Waals surface area contributed by atoms with Crippen molar-refractivity contribution in [3.05, 3.63) is 41.5 Å². The zero-order valence-electron chi connectivity index (χ0n) is 8.98. The third-order valence-electron chi connectivity index (χ3n) is 3.36. The molecule has 2 aromatic rings. The maximum absolute atomic E-state index is 9.25. The van der Waals surface area contributed by atoms with Gasteiger partial charge in [-0.25, -0.2) is 0 Å². The van der Waals surface area contributed by atoms with Crippen molar-refractivity contribution in [1.82, 2.24) is 0 Å². The topological polar surface area (TPSA) is 40.5 Å². The molecular formula is C13H13BO2. The van der Waals surface area contributed by atoms with E-state index in [1.54, 1.807) is 0 Å². The number of aryl methyl sites for hydroxylation is 2. The second kappa shape index (κ2) is 3.61. The predicted octanol–water partition coefficient (Wildman–Crippen LogP) is 1.01. The molecule has 0 fully saturated rings. The van der Waals surface area contributed by atoms with Gasteiger partial charge in [0.2, 0.25) is 0 Å². The SMILES string of the molecule is OB(O)c1cc2c3c(cccc3c1)CCC2. The lowest BCUT2D eigenvalue weighted by Crippen LogP contribution is -2.30. The van der Waals surface area contributed by atoms with Crippen molar-refractivity contribution in [3.8, 4) is 0 Å². The highest BCUT2D eigenvalue weighted by Gasteiger charge is 2.17. The molecule has 0 saturated heterocycles. The second-order valence-corrected chi connectivity index (χ2v) is 4.42. The van der Waals surface area contributed by atoms with E-state index < -0.39 is 7.12 Å². The van der Waals surface area contributed by atoms with E-state index in [1.165, 1.54) is 16.5 Å². The van der Waals surface area contributed by atoms with Crippen LogP contribution in [0, 0.1) is 0 Å². The van der Waals surface area contributed by atoms with Gasteiger partial charge in [-0.2, -0.15) is 0 Å². The smallest absolute Gasteiger partial charge is 0.423 e. The summed E-state index contributed by atoms with van der Waals surface area (Å²) in [6, 6.07) is 10.0. The third kappa shape index (κ3) is 1.44. The van der Waals surface area contributed by atoms with Gasteiger partial charge in [-0.05, 0) is 46.6 Å². The third-order valence-corrected chi connectivity index (χ3v) is 3.36. The van der Waals surface area contributed by atoms with Crippen molar-refractivity contribution < 1.29 is 10.0 Å². The molecule has 80 valence electrons. The molecule has 2 nitrogen and oxygen atoms in total. The largest absolute Gasteiger partial charge is 0.488 e. The van der Waals surface area contributed by atoms with Gasteiger partial charge in [0.05, 0.1) is 0 Å². The summed E-state index contributed by atoms with van der Waals surface area (Å²) in [6.07, 6.45) is 3.32. The molecule has 2 N–H and O–H groups in total. The Morgan fingerprint density at radius 1 is 1.00 bits per heavy atom. The average Bonchev–Trinajstić information content (AvgIpc) is 2.29. The lowest BCUT2D eigenvalue weighted by Gasteiger charge is -2.18. The number of benzene rings is 2. The normalized spacial score (nSPS) is 14.1. The van der Waals surface area contributed by atoms with E-state index in [1.807, 2.05) is 24.3 Å². The lowest BCUT2D eigenvalue weighted by molar-refractivity contribution is 0.426. The Bertz CT molecular complexity index is 549. The summed E-state index contributed by atoms with van der Waals surface area (Å²) in [5.41, 5.74) is 3.24. The molecule has 0 bridgehead atoms. The van der Waals surface area contributed by atoms with Crippen molar-refractivity contribution in [2.45, 2.75) is 19.3 Å². The van der Waals surface area contributed by atoms with Gasteiger partial charge in [-0.15, -0.1) is 0 Å². The predicted molar refractivity (Wildman–Crippen MR) is 65.8 cm³/mol. The minimum atomic E-state index is -1.37. The Kier molecular flexibility index (Phi) is 2.23. The molecule has 1 aliphatic carbocycles. The molecule has 0 amide bonds. The van der Waals surface area contributed by atoms with Crippen LogP contribution >= 0.6 is 0 Å². The van der Waals surface area contributed by atoms with E-state index in [9.17, 15) is 10.0 Å². The van der Waals surface area contributed by atoms with Gasteiger partial charge in [0, 0.05) is 0 Å². The highest BCUT2D eigenvalue weighted by molar-refractivity contribution is 6.59. The van der Waals surface area contributed by atoms with E-state index in [0.29, 0.717) is 5.46 Å². The van der Waals surface area contributed by atoms with Crippen molar-refractivity contribution in [2.24, 2.45) is 0 Å². The Balaban J connectivity index is 2.34. The van der Waals surface area contributed by atoms with Gasteiger partial charge in [0.25, 0.3) is 0 Å². The van der Waals surface area contributed by atoms with Crippen LogP contribution in [-0.4, -0.2) is 17.2 Å². The van der Waals surface area contributed by atoms with E-state index in [-0.39, 0.29) is 0 Å². The molecule has 3 rings (SSSR count). The van der Waals surface area contributed by atoms with Gasteiger partial charge in [0.15, 0.2) is 0 Å². The summed E-state index contributed by atoms with van der Waals surface area (Å²) in [6.45, 7) is 0. The summed E-state index contributed by atoms with van der Waals surface area (Å²) >= 11 is 0. The molecule has 16 heavy (non-hydrogen) atoms. The summed E-state index contributed by atoms with van der Waals surface area (Å²) in [5.74, 6) is 0. The summed E-state index contributed by atoms with van der Waals surface area (Å²) in [4.78, 5) is 0. The van der Waals surface area contributed by atoms with Crippen molar-refractivity contribution in [1.29, 1.82) is 0 Å². The fourth-order valence-electron chi connectivity index (χ4n) is 2.65. The van der Waals surface area contributed by atoms with Crippen LogP contribution in [0.1, 0.15) is 17.5 Å². The first-order chi connectivity index (χ1) is 7.75. The standard InChI is InChI=1S/C13H13BO2/c15-14(16)12-7-10-5-1-3-9-4-2-6-11(8-12)13(9)10/h1,3,5,7-8,15-16H,2,4,6H2. The maximum Gasteiger partial charge on any atom is 0.488 e. The van der Waals surface area contributed by atoms with Crippen molar-refractivity contribution >= 4 is 23.4 Å². The quantitative estimate of drug-likeness (QED) is 0.692. The first-order valence-corrected chi connectivity index (χ1v) is 5.66. The summed E-state index contributed by atoms with van der Waals surface area (Å²) < 4.78 is 0. The van der Waals surface area contributed by atoms with Crippen LogP contribution in [0.5, 0.6) is 0 Å². The van der Waals surface area contributed by atoms with Crippen LogP contribution in [0.2, 0.25) is 0 Å². The molecule has 0 aliphatic heterocycles. The Morgan fingerprint density at radius 3 is 2.62 bits per heavy atom. The van der Waals surface area contributed by atoms with Gasteiger partial charge in [0.1, 0.15) is 0 Å². The summed E-state index contributed by atoms with van der Waals surface area (Å²) in [7, 11) is -1.37. The Labute approximate surface area is 94.7 Å². The first-order valence-electron chi connectivity index (χ1n) is 5.66. The minimum Gasteiger partial charge on any atom is -0.423 e. The molecule has 1 aliphatic rings. The highest BCUT2D eigenvalue weighted by atomic mass is 16.4. The van der Waals surface area contributed by atoms with Crippen LogP contribution in [0.15, 0.2) is 30.3 Å². The van der Waals surface area contributed by atoms with Gasteiger partial charge < -0.3 is 10.0 Å². The minimum absolute atomic E-state index is 0.599. The van der Waals surface area contributed by atoms with Gasteiger partial charge >= 0.3 is 7.12 Å². The van der Waals surface area contributed by atoms with Crippen molar-refractivity contribution in [2.75, 3.05) is 0 Å². The second-order valence-electron chi connectivity index (χ2n) is 4.42. The molecule has 0 unspecified atom stereocenters. The fraction of sp³-hybridized carbons (Fsp3) is 0.231. The number of hydrogen-bond donors (Lipinski definition) is 2. The van der Waals surface area contributed by atoms with E-state index >= 15 is 0 Å². The molecule has 0 spiro atoms. The molecule has 0 atom stereocenters. The van der Waals surface area contributed by atoms with Crippen LogP contribution in [-0.2, 0) is 12.8 Å². The fourth-order valence-corrected chi connectivity index (χ4v) is 2.65. The van der Waals surface area contributed by atoms with Crippen LogP contribution in [0.25, 0.3) is 10.8 Å². The molecule has 0 saturated carbocycles. The van der Waals surface area contributed by atoms with Crippen LogP contribution < -0.4 is 5.46 Å². The maximum atomic E-state index is 9.25. The Morgan fingerprint density at radius 2 is 1.81 bits per heavy atom. The average molecular weight is 212 g/mol. The van der Waals surface area contributed by atoms with Crippen LogP contribution in [0.3, 0.4) is 0 Å². The van der Waals surface area contributed by atoms with E-state index in [4.69, 9.17) is 0 Å². The van der Waals surface area contributed by atoms with E-state index in [0.717, 1.165) is 24.6 Å². The zero-order chi connectivity index (χ0) is 11.1. The summed E-state index contributed by atoms with van der Waals surface area (Å²) in [5, 5.41) is 20.9. The molecule has 2 aromatic carbocycles. The number of hydrogen-bond acceptors (Lipinski definition) is 2. The molecule has 0 heterocycles. The van der Waals surface area contributed by atoms with Crippen molar-refractivity contribution in [3.63, 3.8) is 0 Å². The monoisotopic (exact) mass is 212 g/mol. The molecule has 3 heteroatoms. The first kappa shape index (κ1) is 9.88. The number of rotatable bonds is 1. The lowest BCUT2D eigenvalue weighted by atomic mass is 9.76. The highest BCUT2D eigenvalue weighted by Crippen LogP contribution is 2.28.